The van der Waals surface area contributed by atoms with E-state index in [2.05, 4.69) is 10.0 Å². The predicted molar refractivity (Wildman–Crippen MR) is 118 cm³/mol. The van der Waals surface area contributed by atoms with Gasteiger partial charge in [-0.3, -0.25) is 14.3 Å². The van der Waals surface area contributed by atoms with Crippen LogP contribution in [0.25, 0.3) is 0 Å². The van der Waals surface area contributed by atoms with Gasteiger partial charge in [-0.1, -0.05) is 19.9 Å². The second-order valence-electron chi connectivity index (χ2n) is 7.86. The minimum absolute atomic E-state index is 0.0281. The first-order chi connectivity index (χ1) is 14.1. The molecule has 2 aromatic carbocycles. The number of nitrogens with zero attached hydrogens (tertiary/aromatic N) is 1. The van der Waals surface area contributed by atoms with Crippen molar-refractivity contribution in [2.75, 3.05) is 21.5 Å². The summed E-state index contributed by atoms with van der Waals surface area (Å²) in [6.07, 6.45) is 1.74. The molecule has 0 aliphatic carbocycles. The number of rotatable bonds is 5. The monoisotopic (exact) mass is 429 g/mol. The molecule has 0 atom stereocenters. The van der Waals surface area contributed by atoms with E-state index in [1.165, 1.54) is 13.0 Å². The fourth-order valence-corrected chi connectivity index (χ4v) is 4.90. The van der Waals surface area contributed by atoms with E-state index in [1.807, 2.05) is 19.9 Å². The van der Waals surface area contributed by atoms with Crippen LogP contribution in [0.4, 0.5) is 17.1 Å². The molecular formula is C22H27N3O4S. The fourth-order valence-electron chi connectivity index (χ4n) is 3.62. The first kappa shape index (κ1) is 21.8. The van der Waals surface area contributed by atoms with Crippen molar-refractivity contribution in [1.82, 2.24) is 0 Å². The molecule has 8 heteroatoms. The zero-order valence-corrected chi connectivity index (χ0v) is 18.5. The van der Waals surface area contributed by atoms with Crippen LogP contribution in [0.2, 0.25) is 0 Å². The summed E-state index contributed by atoms with van der Waals surface area (Å²) >= 11 is 0. The Labute approximate surface area is 177 Å². The van der Waals surface area contributed by atoms with Gasteiger partial charge in [0.25, 0.3) is 10.0 Å². The highest BCUT2D eigenvalue weighted by atomic mass is 32.2. The number of carbonyl (C=O) groups is 2. The number of hydrogen-bond acceptors (Lipinski definition) is 4. The number of benzene rings is 2. The lowest BCUT2D eigenvalue weighted by Gasteiger charge is -2.31. The fraction of sp³-hybridized carbons (Fsp3) is 0.364. The highest BCUT2D eigenvalue weighted by Crippen LogP contribution is 2.32. The molecule has 0 spiro atoms. The summed E-state index contributed by atoms with van der Waals surface area (Å²) in [7, 11) is -3.84. The first-order valence-electron chi connectivity index (χ1n) is 9.94. The second kappa shape index (κ2) is 8.47. The van der Waals surface area contributed by atoms with Gasteiger partial charge < -0.3 is 10.2 Å². The molecule has 2 N–H and O–H groups in total. The molecule has 1 aliphatic heterocycles. The van der Waals surface area contributed by atoms with Crippen molar-refractivity contribution in [3.05, 3.63) is 47.5 Å². The standard InChI is InChI=1S/C22H27N3O4S/c1-14(2)22(27)25-11-5-6-17-7-8-19(13-20(17)25)24-30(28,29)21-10-9-18(12-15(21)3)23-16(4)26/h7-10,12-14,24H,5-6,11H2,1-4H3,(H,23,26). The van der Waals surface area contributed by atoms with Crippen molar-refractivity contribution in [3.8, 4) is 0 Å². The highest BCUT2D eigenvalue weighted by molar-refractivity contribution is 7.92. The number of hydrogen-bond donors (Lipinski definition) is 2. The molecule has 0 saturated heterocycles. The third-order valence-corrected chi connectivity index (χ3v) is 6.54. The van der Waals surface area contributed by atoms with Crippen LogP contribution >= 0.6 is 0 Å². The van der Waals surface area contributed by atoms with Gasteiger partial charge in [-0.25, -0.2) is 8.42 Å². The molecule has 0 saturated carbocycles. The zero-order valence-electron chi connectivity index (χ0n) is 17.7. The minimum Gasteiger partial charge on any atom is -0.326 e. The molecule has 0 unspecified atom stereocenters. The average Bonchev–Trinajstić information content (AvgIpc) is 2.65. The number of fused-ring (bicyclic) bond motifs is 1. The van der Waals surface area contributed by atoms with E-state index in [0.717, 1.165) is 24.1 Å². The van der Waals surface area contributed by atoms with Crippen LogP contribution in [0.3, 0.4) is 0 Å². The van der Waals surface area contributed by atoms with Crippen molar-refractivity contribution in [2.24, 2.45) is 5.92 Å². The van der Waals surface area contributed by atoms with Gasteiger partial charge in [0.05, 0.1) is 10.6 Å². The molecule has 7 nitrogen and oxygen atoms in total. The Bertz CT molecular complexity index is 1090. The summed E-state index contributed by atoms with van der Waals surface area (Å²) < 4.78 is 28.6. The lowest BCUT2D eigenvalue weighted by molar-refractivity contribution is -0.121. The highest BCUT2D eigenvalue weighted by Gasteiger charge is 2.25. The summed E-state index contributed by atoms with van der Waals surface area (Å²) in [6, 6.07) is 9.97. The molecule has 1 aliphatic rings. The van der Waals surface area contributed by atoms with Crippen molar-refractivity contribution >= 4 is 38.9 Å². The molecule has 2 amide bonds. The number of nitrogens with one attached hydrogen (secondary N) is 2. The third-order valence-electron chi connectivity index (χ3n) is 5.00. The Morgan fingerprint density at radius 3 is 2.40 bits per heavy atom. The normalized spacial score (nSPS) is 13.7. The smallest absolute Gasteiger partial charge is 0.262 e. The molecule has 0 aromatic heterocycles. The first-order valence-corrected chi connectivity index (χ1v) is 11.4. The Kier molecular flexibility index (Phi) is 6.17. The minimum atomic E-state index is -3.84. The van der Waals surface area contributed by atoms with Gasteiger partial charge in [-0.05, 0) is 61.2 Å². The maximum absolute atomic E-state index is 13.0. The van der Waals surface area contributed by atoms with Crippen molar-refractivity contribution in [2.45, 2.75) is 45.4 Å². The van der Waals surface area contributed by atoms with E-state index in [-0.39, 0.29) is 22.6 Å². The Hall–Kier alpha value is -2.87. The molecule has 160 valence electrons. The summed E-state index contributed by atoms with van der Waals surface area (Å²) in [5.41, 5.74) is 3.26. The molecule has 0 bridgehead atoms. The van der Waals surface area contributed by atoms with Crippen molar-refractivity contribution < 1.29 is 18.0 Å². The lowest BCUT2D eigenvalue weighted by Crippen LogP contribution is -2.38. The van der Waals surface area contributed by atoms with Gasteiger partial charge in [-0.2, -0.15) is 0 Å². The Morgan fingerprint density at radius 2 is 1.77 bits per heavy atom. The Morgan fingerprint density at radius 1 is 1.07 bits per heavy atom. The van der Waals surface area contributed by atoms with E-state index in [9.17, 15) is 18.0 Å². The largest absolute Gasteiger partial charge is 0.326 e. The number of aryl methyl sites for hydroxylation is 2. The molecule has 1 heterocycles. The lowest BCUT2D eigenvalue weighted by atomic mass is 9.99. The van der Waals surface area contributed by atoms with Crippen LogP contribution in [0, 0.1) is 12.8 Å². The number of amides is 2. The van der Waals surface area contributed by atoms with Crippen LogP contribution in [0.1, 0.15) is 38.3 Å². The van der Waals surface area contributed by atoms with Gasteiger partial charge in [0.15, 0.2) is 0 Å². The number of carbonyl (C=O) groups excluding carboxylic acids is 2. The van der Waals surface area contributed by atoms with Crippen LogP contribution in [-0.4, -0.2) is 26.8 Å². The van der Waals surface area contributed by atoms with Crippen molar-refractivity contribution in [1.29, 1.82) is 0 Å². The molecule has 0 radical (unpaired) electrons. The topological polar surface area (TPSA) is 95.6 Å². The van der Waals surface area contributed by atoms with Crippen LogP contribution < -0.4 is 14.9 Å². The predicted octanol–water partition coefficient (Wildman–Crippen LogP) is 3.69. The van der Waals surface area contributed by atoms with Gasteiger partial charge in [0.2, 0.25) is 11.8 Å². The van der Waals surface area contributed by atoms with Gasteiger partial charge in [0, 0.05) is 30.8 Å². The van der Waals surface area contributed by atoms with Gasteiger partial charge >= 0.3 is 0 Å². The molecule has 2 aromatic rings. The van der Waals surface area contributed by atoms with Crippen molar-refractivity contribution in [3.63, 3.8) is 0 Å². The second-order valence-corrected chi connectivity index (χ2v) is 9.51. The van der Waals surface area contributed by atoms with E-state index in [4.69, 9.17) is 0 Å². The van der Waals surface area contributed by atoms with Crippen LogP contribution in [0.15, 0.2) is 41.3 Å². The molecule has 3 rings (SSSR count). The summed E-state index contributed by atoms with van der Waals surface area (Å²) in [6.45, 7) is 7.41. The van der Waals surface area contributed by atoms with Crippen LogP contribution in [-0.2, 0) is 26.0 Å². The molecular weight excluding hydrogens is 402 g/mol. The number of sulfonamides is 1. The quantitative estimate of drug-likeness (QED) is 0.758. The zero-order chi connectivity index (χ0) is 22.1. The average molecular weight is 430 g/mol. The summed E-state index contributed by atoms with van der Waals surface area (Å²) in [4.78, 5) is 25.7. The van der Waals surface area contributed by atoms with E-state index >= 15 is 0 Å². The van der Waals surface area contributed by atoms with E-state index in [1.54, 1.807) is 36.1 Å². The summed E-state index contributed by atoms with van der Waals surface area (Å²) in [5.74, 6) is -0.334. The van der Waals surface area contributed by atoms with Gasteiger partial charge in [-0.15, -0.1) is 0 Å². The Balaban J connectivity index is 1.90. The maximum atomic E-state index is 13.0. The van der Waals surface area contributed by atoms with Gasteiger partial charge in [0.1, 0.15) is 0 Å². The number of anilines is 3. The SMILES string of the molecule is CC(=O)Nc1ccc(S(=O)(=O)Nc2ccc3c(c2)N(C(=O)C(C)C)CCC3)c(C)c1. The third kappa shape index (κ3) is 4.64. The molecule has 30 heavy (non-hydrogen) atoms. The molecule has 0 fully saturated rings. The van der Waals surface area contributed by atoms with Crippen LogP contribution in [0.5, 0.6) is 0 Å². The van der Waals surface area contributed by atoms with E-state index in [0.29, 0.717) is 23.5 Å². The van der Waals surface area contributed by atoms with E-state index < -0.39 is 10.0 Å². The summed E-state index contributed by atoms with van der Waals surface area (Å²) in [5, 5.41) is 2.64. The maximum Gasteiger partial charge on any atom is 0.262 e.